The second kappa shape index (κ2) is 3.83. The van der Waals surface area contributed by atoms with Crippen molar-refractivity contribution in [3.05, 3.63) is 36.3 Å². The van der Waals surface area contributed by atoms with Crippen LogP contribution in [-0.2, 0) is 0 Å². The number of rotatable bonds is 2. The van der Waals surface area contributed by atoms with Crippen molar-refractivity contribution >= 4 is 6.29 Å². The van der Waals surface area contributed by atoms with Crippen molar-refractivity contribution in [2.45, 2.75) is 0 Å². The van der Waals surface area contributed by atoms with E-state index in [1.165, 1.54) is 12.3 Å². The molecule has 0 aliphatic rings. The first-order valence-corrected chi connectivity index (χ1v) is 4.24. The van der Waals surface area contributed by atoms with Crippen LogP contribution in [0.3, 0.4) is 0 Å². The van der Waals surface area contributed by atoms with Crippen LogP contribution in [0.2, 0.25) is 0 Å². The van der Waals surface area contributed by atoms with Crippen LogP contribution in [0.4, 0.5) is 0 Å². The summed E-state index contributed by atoms with van der Waals surface area (Å²) in [5, 5.41) is 16.7. The summed E-state index contributed by atoms with van der Waals surface area (Å²) in [4.78, 5) is 14.4. The molecular weight excluding hydrogens is 194 g/mol. The average Bonchev–Trinajstić information content (AvgIpc) is 2.30. The average molecular weight is 201 g/mol. The number of aromatic hydroxyl groups is 1. The molecule has 0 bridgehead atoms. The minimum Gasteiger partial charge on any atom is -0.507 e. The number of carbonyl (C=O) groups excluding carboxylic acids is 1. The van der Waals surface area contributed by atoms with Gasteiger partial charge in [-0.25, -0.2) is 4.98 Å². The van der Waals surface area contributed by atoms with Crippen LogP contribution in [-0.4, -0.2) is 26.6 Å². The standard InChI is InChI=1S/C10H7N3O2/c14-6-10-12-8(5-11-13-10)7-3-1-2-4-9(7)15/h1-6,15H. The number of aldehydes is 1. The van der Waals surface area contributed by atoms with E-state index in [-0.39, 0.29) is 11.6 Å². The molecule has 0 aliphatic carbocycles. The summed E-state index contributed by atoms with van der Waals surface area (Å²) >= 11 is 0. The van der Waals surface area contributed by atoms with Gasteiger partial charge in [0.1, 0.15) is 5.75 Å². The summed E-state index contributed by atoms with van der Waals surface area (Å²) in [6.07, 6.45) is 1.90. The first-order chi connectivity index (χ1) is 7.31. The number of benzene rings is 1. The van der Waals surface area contributed by atoms with Crippen LogP contribution in [0.1, 0.15) is 10.6 Å². The van der Waals surface area contributed by atoms with Gasteiger partial charge in [-0.2, -0.15) is 5.10 Å². The molecule has 0 fully saturated rings. The van der Waals surface area contributed by atoms with Gasteiger partial charge in [0, 0.05) is 5.56 Å². The Balaban J connectivity index is 2.54. The lowest BCUT2D eigenvalue weighted by molar-refractivity contribution is 0.111. The Morgan fingerprint density at radius 1 is 1.27 bits per heavy atom. The maximum atomic E-state index is 10.4. The normalized spacial score (nSPS) is 9.87. The van der Waals surface area contributed by atoms with E-state index in [0.29, 0.717) is 17.5 Å². The number of nitrogens with zero attached hydrogens (tertiary/aromatic N) is 3. The maximum absolute atomic E-state index is 10.4. The van der Waals surface area contributed by atoms with Crippen LogP contribution in [0.25, 0.3) is 11.3 Å². The molecule has 0 amide bonds. The van der Waals surface area contributed by atoms with Gasteiger partial charge in [0.2, 0.25) is 5.82 Å². The van der Waals surface area contributed by atoms with Crippen molar-refractivity contribution in [1.82, 2.24) is 15.2 Å². The van der Waals surface area contributed by atoms with Crippen LogP contribution in [0, 0.1) is 0 Å². The van der Waals surface area contributed by atoms with Gasteiger partial charge in [0.05, 0.1) is 11.9 Å². The van der Waals surface area contributed by atoms with E-state index in [0.717, 1.165) is 0 Å². The van der Waals surface area contributed by atoms with Crippen molar-refractivity contribution in [3.8, 4) is 17.0 Å². The number of para-hydroxylation sites is 1. The molecule has 0 spiro atoms. The van der Waals surface area contributed by atoms with Crippen molar-refractivity contribution in [1.29, 1.82) is 0 Å². The van der Waals surface area contributed by atoms with Crippen LogP contribution in [0.15, 0.2) is 30.5 Å². The van der Waals surface area contributed by atoms with Crippen LogP contribution >= 0.6 is 0 Å². The number of hydrogen-bond donors (Lipinski definition) is 1. The lowest BCUT2D eigenvalue weighted by Crippen LogP contribution is -1.97. The van der Waals surface area contributed by atoms with Gasteiger partial charge in [-0.05, 0) is 12.1 Å². The van der Waals surface area contributed by atoms with Crippen molar-refractivity contribution in [2.24, 2.45) is 0 Å². The summed E-state index contributed by atoms with van der Waals surface area (Å²) in [6.45, 7) is 0. The number of carbonyl (C=O) groups is 1. The topological polar surface area (TPSA) is 76.0 Å². The molecule has 15 heavy (non-hydrogen) atoms. The van der Waals surface area contributed by atoms with E-state index in [4.69, 9.17) is 0 Å². The predicted octanol–water partition coefficient (Wildman–Crippen LogP) is 1.06. The molecule has 2 rings (SSSR count). The zero-order valence-corrected chi connectivity index (χ0v) is 7.66. The Morgan fingerprint density at radius 3 is 2.80 bits per heavy atom. The molecule has 0 atom stereocenters. The van der Waals surface area contributed by atoms with Gasteiger partial charge >= 0.3 is 0 Å². The lowest BCUT2D eigenvalue weighted by atomic mass is 10.1. The molecule has 74 valence electrons. The lowest BCUT2D eigenvalue weighted by Gasteiger charge is -2.01. The summed E-state index contributed by atoms with van der Waals surface area (Å²) < 4.78 is 0. The van der Waals surface area contributed by atoms with E-state index in [2.05, 4.69) is 15.2 Å². The summed E-state index contributed by atoms with van der Waals surface area (Å²) in [6, 6.07) is 6.69. The molecule has 0 radical (unpaired) electrons. The van der Waals surface area contributed by atoms with Gasteiger partial charge in [-0.1, -0.05) is 12.1 Å². The molecule has 2 aromatic rings. The molecule has 0 saturated heterocycles. The first kappa shape index (κ1) is 9.26. The van der Waals surface area contributed by atoms with Gasteiger partial charge in [-0.15, -0.1) is 5.10 Å². The Labute approximate surface area is 85.4 Å². The molecule has 0 aliphatic heterocycles. The molecule has 1 aromatic carbocycles. The van der Waals surface area contributed by atoms with Gasteiger partial charge in [0.15, 0.2) is 6.29 Å². The van der Waals surface area contributed by atoms with E-state index in [1.807, 2.05) is 0 Å². The molecule has 5 heteroatoms. The quantitative estimate of drug-likeness (QED) is 0.735. The van der Waals surface area contributed by atoms with Crippen molar-refractivity contribution < 1.29 is 9.90 Å². The van der Waals surface area contributed by atoms with Crippen LogP contribution in [0.5, 0.6) is 5.75 Å². The highest BCUT2D eigenvalue weighted by Crippen LogP contribution is 2.25. The highest BCUT2D eigenvalue weighted by molar-refractivity contribution is 5.71. The number of aromatic nitrogens is 3. The molecule has 1 aromatic heterocycles. The largest absolute Gasteiger partial charge is 0.507 e. The Bertz CT molecular complexity index is 500. The van der Waals surface area contributed by atoms with Crippen LogP contribution < -0.4 is 0 Å². The molecule has 0 unspecified atom stereocenters. The molecule has 0 saturated carbocycles. The Hall–Kier alpha value is -2.30. The Kier molecular flexibility index (Phi) is 2.37. The maximum Gasteiger partial charge on any atom is 0.215 e. The van der Waals surface area contributed by atoms with E-state index >= 15 is 0 Å². The van der Waals surface area contributed by atoms with E-state index in [9.17, 15) is 9.90 Å². The van der Waals surface area contributed by atoms with Crippen molar-refractivity contribution in [2.75, 3.05) is 0 Å². The number of phenolic OH excluding ortho intramolecular Hbond substituents is 1. The SMILES string of the molecule is O=Cc1nncc(-c2ccccc2O)n1. The zero-order valence-electron chi connectivity index (χ0n) is 7.66. The number of phenols is 1. The fourth-order valence-electron chi connectivity index (χ4n) is 1.19. The number of hydrogen-bond acceptors (Lipinski definition) is 5. The van der Waals surface area contributed by atoms with E-state index in [1.54, 1.807) is 18.2 Å². The third-order valence-electron chi connectivity index (χ3n) is 1.86. The monoisotopic (exact) mass is 201 g/mol. The second-order valence-corrected chi connectivity index (χ2v) is 2.83. The molecule has 5 nitrogen and oxygen atoms in total. The summed E-state index contributed by atoms with van der Waals surface area (Å²) in [5.41, 5.74) is 0.945. The smallest absolute Gasteiger partial charge is 0.215 e. The minimum absolute atomic E-state index is 0.00393. The Morgan fingerprint density at radius 2 is 2.07 bits per heavy atom. The zero-order chi connectivity index (χ0) is 10.7. The molecular formula is C10H7N3O2. The molecule has 1 N–H and O–H groups in total. The fraction of sp³-hybridized carbons (Fsp3) is 0. The molecule has 1 heterocycles. The fourth-order valence-corrected chi connectivity index (χ4v) is 1.19. The summed E-state index contributed by atoms with van der Waals surface area (Å²) in [7, 11) is 0. The summed E-state index contributed by atoms with van der Waals surface area (Å²) in [5.74, 6) is 0.0885. The van der Waals surface area contributed by atoms with Crippen molar-refractivity contribution in [3.63, 3.8) is 0 Å². The van der Waals surface area contributed by atoms with E-state index < -0.39 is 0 Å². The third-order valence-corrected chi connectivity index (χ3v) is 1.86. The van der Waals surface area contributed by atoms with Gasteiger partial charge < -0.3 is 5.11 Å². The third kappa shape index (κ3) is 1.80. The van der Waals surface area contributed by atoms with Gasteiger partial charge in [0.25, 0.3) is 0 Å². The van der Waals surface area contributed by atoms with Gasteiger partial charge in [-0.3, -0.25) is 4.79 Å². The highest BCUT2D eigenvalue weighted by Gasteiger charge is 2.06. The minimum atomic E-state index is -0.00393. The first-order valence-electron chi connectivity index (χ1n) is 4.24. The predicted molar refractivity (Wildman–Crippen MR) is 52.3 cm³/mol. The second-order valence-electron chi connectivity index (χ2n) is 2.83. The highest BCUT2D eigenvalue weighted by atomic mass is 16.3.